The van der Waals surface area contributed by atoms with Crippen LogP contribution in [0.4, 0.5) is 5.82 Å². The molecule has 1 unspecified atom stereocenters. The summed E-state index contributed by atoms with van der Waals surface area (Å²) in [6.07, 6.45) is 4.58. The van der Waals surface area contributed by atoms with Crippen LogP contribution in [0.3, 0.4) is 0 Å². The van der Waals surface area contributed by atoms with Crippen LogP contribution in [0.1, 0.15) is 17.8 Å². The first kappa shape index (κ1) is 17.2. The SMILES string of the molecule is Cc1ncc(S(C)(=O)=O)c(N2CCC(Cc3ccc(Cl)cc3)C2)n1. The van der Waals surface area contributed by atoms with E-state index in [4.69, 9.17) is 11.6 Å². The highest BCUT2D eigenvalue weighted by atomic mass is 35.5. The van der Waals surface area contributed by atoms with Crippen molar-refractivity contribution in [2.75, 3.05) is 24.2 Å². The molecule has 2 aromatic rings. The minimum absolute atomic E-state index is 0.209. The lowest BCUT2D eigenvalue weighted by Crippen LogP contribution is -2.24. The highest BCUT2D eigenvalue weighted by molar-refractivity contribution is 7.90. The van der Waals surface area contributed by atoms with Crippen molar-refractivity contribution < 1.29 is 8.42 Å². The molecule has 0 amide bonds. The van der Waals surface area contributed by atoms with E-state index >= 15 is 0 Å². The second-order valence-electron chi connectivity index (χ2n) is 6.31. The van der Waals surface area contributed by atoms with Crippen LogP contribution in [-0.4, -0.2) is 37.7 Å². The Labute approximate surface area is 147 Å². The van der Waals surface area contributed by atoms with E-state index < -0.39 is 9.84 Å². The molecule has 0 aliphatic carbocycles. The maximum atomic E-state index is 12.0. The van der Waals surface area contributed by atoms with Crippen molar-refractivity contribution >= 4 is 27.3 Å². The third kappa shape index (κ3) is 3.87. The fourth-order valence-corrected chi connectivity index (χ4v) is 3.96. The van der Waals surface area contributed by atoms with Crippen molar-refractivity contribution in [2.45, 2.75) is 24.7 Å². The van der Waals surface area contributed by atoms with E-state index in [-0.39, 0.29) is 4.90 Å². The molecular weight excluding hydrogens is 346 g/mol. The Morgan fingerprint density at radius 1 is 1.29 bits per heavy atom. The van der Waals surface area contributed by atoms with E-state index in [1.807, 2.05) is 24.3 Å². The Morgan fingerprint density at radius 2 is 2.00 bits per heavy atom. The second-order valence-corrected chi connectivity index (χ2v) is 8.73. The smallest absolute Gasteiger partial charge is 0.180 e. The number of sulfone groups is 1. The molecule has 2 heterocycles. The number of nitrogens with zero attached hydrogens (tertiary/aromatic N) is 3. The lowest BCUT2D eigenvalue weighted by molar-refractivity contribution is 0.584. The summed E-state index contributed by atoms with van der Waals surface area (Å²) >= 11 is 5.93. The minimum atomic E-state index is -3.35. The summed E-state index contributed by atoms with van der Waals surface area (Å²) in [5.74, 6) is 1.58. The average Bonchev–Trinajstić information content (AvgIpc) is 2.97. The quantitative estimate of drug-likeness (QED) is 0.833. The molecule has 24 heavy (non-hydrogen) atoms. The number of halogens is 1. The molecule has 1 atom stereocenters. The highest BCUT2D eigenvalue weighted by Gasteiger charge is 2.28. The van der Waals surface area contributed by atoms with Gasteiger partial charge in [-0.1, -0.05) is 23.7 Å². The topological polar surface area (TPSA) is 63.2 Å². The molecule has 128 valence electrons. The molecule has 1 fully saturated rings. The first-order valence-electron chi connectivity index (χ1n) is 7.86. The van der Waals surface area contributed by atoms with Crippen LogP contribution >= 0.6 is 11.6 Å². The number of benzene rings is 1. The number of rotatable bonds is 4. The molecule has 3 rings (SSSR count). The van der Waals surface area contributed by atoms with Gasteiger partial charge in [-0.3, -0.25) is 0 Å². The van der Waals surface area contributed by atoms with E-state index in [0.29, 0.717) is 17.6 Å². The van der Waals surface area contributed by atoms with Crippen molar-refractivity contribution in [3.8, 4) is 0 Å². The number of aromatic nitrogens is 2. The summed E-state index contributed by atoms with van der Waals surface area (Å²) in [5, 5.41) is 0.737. The van der Waals surface area contributed by atoms with Crippen LogP contribution < -0.4 is 4.90 Å². The van der Waals surface area contributed by atoms with Gasteiger partial charge in [0.15, 0.2) is 15.7 Å². The molecule has 1 saturated heterocycles. The van der Waals surface area contributed by atoms with Crippen molar-refractivity contribution in [3.63, 3.8) is 0 Å². The van der Waals surface area contributed by atoms with Crippen LogP contribution in [0.15, 0.2) is 35.4 Å². The summed E-state index contributed by atoms with van der Waals surface area (Å²) in [7, 11) is -3.35. The maximum absolute atomic E-state index is 12.0. The summed E-state index contributed by atoms with van der Waals surface area (Å²) in [4.78, 5) is 10.7. The summed E-state index contributed by atoms with van der Waals surface area (Å²) in [5.41, 5.74) is 1.24. The first-order valence-corrected chi connectivity index (χ1v) is 10.1. The molecule has 1 aliphatic rings. The predicted molar refractivity (Wildman–Crippen MR) is 95.4 cm³/mol. The summed E-state index contributed by atoms with van der Waals surface area (Å²) in [6, 6.07) is 7.89. The zero-order valence-electron chi connectivity index (χ0n) is 13.7. The Balaban J connectivity index is 1.78. The van der Waals surface area contributed by atoms with Crippen molar-refractivity contribution in [2.24, 2.45) is 5.92 Å². The van der Waals surface area contributed by atoms with Gasteiger partial charge in [-0.2, -0.15) is 0 Å². The third-order valence-corrected chi connectivity index (χ3v) is 5.62. The molecule has 0 saturated carbocycles. The van der Waals surface area contributed by atoms with Crippen molar-refractivity contribution in [1.29, 1.82) is 0 Å². The van der Waals surface area contributed by atoms with Gasteiger partial charge < -0.3 is 4.90 Å². The largest absolute Gasteiger partial charge is 0.355 e. The van der Waals surface area contributed by atoms with Gasteiger partial charge in [-0.25, -0.2) is 18.4 Å². The molecular formula is C17H20ClN3O2S. The standard InChI is InChI=1S/C17H20ClN3O2S/c1-12-19-10-16(24(2,22)23)17(20-12)21-8-7-14(11-21)9-13-3-5-15(18)6-4-13/h3-6,10,14H,7-9,11H2,1-2H3. The molecule has 5 nitrogen and oxygen atoms in total. The van der Waals surface area contributed by atoms with Gasteiger partial charge in [-0.05, 0) is 43.4 Å². The fourth-order valence-electron chi connectivity index (χ4n) is 3.08. The molecule has 0 radical (unpaired) electrons. The van der Waals surface area contributed by atoms with E-state index in [2.05, 4.69) is 14.9 Å². The van der Waals surface area contributed by atoms with Gasteiger partial charge in [0, 0.05) is 24.4 Å². The predicted octanol–water partition coefficient (Wildman–Crippen LogP) is 2.91. The first-order chi connectivity index (χ1) is 11.3. The van der Waals surface area contributed by atoms with Crippen molar-refractivity contribution in [3.05, 3.63) is 46.9 Å². The third-order valence-electron chi connectivity index (χ3n) is 4.28. The summed E-state index contributed by atoms with van der Waals surface area (Å²) < 4.78 is 24.0. The molecule has 0 N–H and O–H groups in total. The van der Waals surface area contributed by atoms with E-state index in [9.17, 15) is 8.42 Å². The van der Waals surface area contributed by atoms with E-state index in [1.165, 1.54) is 18.0 Å². The average molecular weight is 366 g/mol. The van der Waals surface area contributed by atoms with E-state index in [1.54, 1.807) is 6.92 Å². The lowest BCUT2D eigenvalue weighted by atomic mass is 9.99. The van der Waals surface area contributed by atoms with Crippen LogP contribution in [0.25, 0.3) is 0 Å². The van der Waals surface area contributed by atoms with Gasteiger partial charge in [0.05, 0.1) is 6.20 Å². The number of hydrogen-bond acceptors (Lipinski definition) is 5. The lowest BCUT2D eigenvalue weighted by Gasteiger charge is -2.20. The fraction of sp³-hybridized carbons (Fsp3) is 0.412. The van der Waals surface area contributed by atoms with Crippen LogP contribution in [-0.2, 0) is 16.3 Å². The number of anilines is 1. The highest BCUT2D eigenvalue weighted by Crippen LogP contribution is 2.29. The monoisotopic (exact) mass is 365 g/mol. The molecule has 0 bridgehead atoms. The molecule has 1 aromatic heterocycles. The van der Waals surface area contributed by atoms with Gasteiger partial charge >= 0.3 is 0 Å². The number of hydrogen-bond donors (Lipinski definition) is 0. The zero-order valence-corrected chi connectivity index (χ0v) is 15.3. The minimum Gasteiger partial charge on any atom is -0.355 e. The van der Waals surface area contributed by atoms with Gasteiger partial charge in [0.25, 0.3) is 0 Å². The normalized spacial score (nSPS) is 18.1. The maximum Gasteiger partial charge on any atom is 0.180 e. The molecule has 1 aromatic carbocycles. The van der Waals surface area contributed by atoms with Gasteiger partial charge in [-0.15, -0.1) is 0 Å². The van der Waals surface area contributed by atoms with Crippen LogP contribution in [0, 0.1) is 12.8 Å². The van der Waals surface area contributed by atoms with Crippen LogP contribution in [0.5, 0.6) is 0 Å². The second kappa shape index (κ2) is 6.69. The Bertz CT molecular complexity index is 837. The zero-order chi connectivity index (χ0) is 17.3. The van der Waals surface area contributed by atoms with Gasteiger partial charge in [0.1, 0.15) is 10.7 Å². The number of aryl methyl sites for hydroxylation is 1. The summed E-state index contributed by atoms with van der Waals surface area (Å²) in [6.45, 7) is 3.37. The molecule has 7 heteroatoms. The van der Waals surface area contributed by atoms with Gasteiger partial charge in [0.2, 0.25) is 0 Å². The van der Waals surface area contributed by atoms with Crippen molar-refractivity contribution in [1.82, 2.24) is 9.97 Å². The Morgan fingerprint density at radius 3 is 2.67 bits per heavy atom. The Hall–Kier alpha value is -1.66. The van der Waals surface area contributed by atoms with E-state index in [0.717, 1.165) is 31.0 Å². The molecule has 1 aliphatic heterocycles. The van der Waals surface area contributed by atoms with Crippen LogP contribution in [0.2, 0.25) is 5.02 Å². The molecule has 0 spiro atoms. The Kier molecular flexibility index (Phi) is 4.78.